The molecular weight excluding hydrogens is 224 g/mol. The van der Waals surface area contributed by atoms with Crippen molar-refractivity contribution >= 4 is 23.1 Å². The molecule has 0 aromatic heterocycles. The van der Waals surface area contributed by atoms with Gasteiger partial charge < -0.3 is 5.32 Å². The fraction of sp³-hybridized carbons (Fsp3) is 0.455. The highest BCUT2D eigenvalue weighted by molar-refractivity contribution is 7.98. The standard InChI is InChI=1S/C11H16N2O2S/c1-3-12-10-7-9(8-16-4-2)5-6-11(10)13(14)15/h5-7,12H,3-4,8H2,1-2H3. The van der Waals surface area contributed by atoms with Crippen LogP contribution in [0.1, 0.15) is 19.4 Å². The molecule has 0 aliphatic heterocycles. The number of nitrogens with one attached hydrogen (secondary N) is 1. The smallest absolute Gasteiger partial charge is 0.292 e. The molecule has 88 valence electrons. The van der Waals surface area contributed by atoms with E-state index in [9.17, 15) is 10.1 Å². The minimum atomic E-state index is -0.352. The molecule has 1 rings (SSSR count). The molecule has 4 nitrogen and oxygen atoms in total. The largest absolute Gasteiger partial charge is 0.380 e. The summed E-state index contributed by atoms with van der Waals surface area (Å²) in [4.78, 5) is 10.4. The lowest BCUT2D eigenvalue weighted by Gasteiger charge is -2.07. The molecule has 0 aliphatic carbocycles. The molecule has 0 atom stereocenters. The summed E-state index contributed by atoms with van der Waals surface area (Å²) in [7, 11) is 0. The zero-order valence-corrected chi connectivity index (χ0v) is 10.3. The molecular formula is C11H16N2O2S. The molecule has 0 amide bonds. The molecule has 1 N–H and O–H groups in total. The van der Waals surface area contributed by atoms with E-state index in [1.165, 1.54) is 0 Å². The quantitative estimate of drug-likeness (QED) is 0.612. The summed E-state index contributed by atoms with van der Waals surface area (Å²) in [6.07, 6.45) is 0. The van der Waals surface area contributed by atoms with Gasteiger partial charge in [-0.2, -0.15) is 11.8 Å². The normalized spacial score (nSPS) is 10.1. The Bertz CT molecular complexity index is 369. The third-order valence-corrected chi connectivity index (χ3v) is 3.04. The zero-order chi connectivity index (χ0) is 12.0. The van der Waals surface area contributed by atoms with Gasteiger partial charge in [0, 0.05) is 18.4 Å². The van der Waals surface area contributed by atoms with Gasteiger partial charge >= 0.3 is 0 Å². The zero-order valence-electron chi connectivity index (χ0n) is 9.53. The van der Waals surface area contributed by atoms with Crippen LogP contribution in [0.2, 0.25) is 0 Å². The average molecular weight is 240 g/mol. The third-order valence-electron chi connectivity index (χ3n) is 2.10. The second-order valence-electron chi connectivity index (χ2n) is 3.28. The fourth-order valence-electron chi connectivity index (χ4n) is 1.38. The topological polar surface area (TPSA) is 55.2 Å². The molecule has 0 saturated carbocycles. The molecule has 0 bridgehead atoms. The highest BCUT2D eigenvalue weighted by Gasteiger charge is 2.12. The van der Waals surface area contributed by atoms with Crippen molar-refractivity contribution in [1.29, 1.82) is 0 Å². The van der Waals surface area contributed by atoms with Crippen LogP contribution >= 0.6 is 11.8 Å². The van der Waals surface area contributed by atoms with Crippen molar-refractivity contribution in [2.75, 3.05) is 17.6 Å². The van der Waals surface area contributed by atoms with E-state index in [1.54, 1.807) is 17.8 Å². The van der Waals surface area contributed by atoms with Gasteiger partial charge in [0.2, 0.25) is 0 Å². The van der Waals surface area contributed by atoms with Crippen molar-refractivity contribution < 1.29 is 4.92 Å². The molecule has 0 aliphatic rings. The first-order chi connectivity index (χ1) is 7.69. The lowest BCUT2D eigenvalue weighted by atomic mass is 10.2. The van der Waals surface area contributed by atoms with Gasteiger partial charge in [-0.25, -0.2) is 0 Å². The van der Waals surface area contributed by atoms with Crippen molar-refractivity contribution in [3.63, 3.8) is 0 Å². The van der Waals surface area contributed by atoms with Crippen LogP contribution in [0.15, 0.2) is 18.2 Å². The minimum Gasteiger partial charge on any atom is -0.380 e. The Balaban J connectivity index is 2.92. The molecule has 5 heteroatoms. The van der Waals surface area contributed by atoms with Crippen LogP contribution in [0.4, 0.5) is 11.4 Å². The number of benzene rings is 1. The predicted octanol–water partition coefficient (Wildman–Crippen LogP) is 3.28. The average Bonchev–Trinajstić information content (AvgIpc) is 2.26. The first kappa shape index (κ1) is 12.8. The van der Waals surface area contributed by atoms with Crippen LogP contribution in [0.5, 0.6) is 0 Å². The van der Waals surface area contributed by atoms with E-state index in [-0.39, 0.29) is 10.6 Å². The number of nitro groups is 1. The maximum Gasteiger partial charge on any atom is 0.292 e. The summed E-state index contributed by atoms with van der Waals surface area (Å²) in [6.45, 7) is 4.71. The van der Waals surface area contributed by atoms with E-state index in [4.69, 9.17) is 0 Å². The number of rotatable bonds is 6. The minimum absolute atomic E-state index is 0.145. The van der Waals surface area contributed by atoms with E-state index in [0.717, 1.165) is 17.1 Å². The maximum atomic E-state index is 10.8. The van der Waals surface area contributed by atoms with Crippen LogP contribution < -0.4 is 5.32 Å². The molecule has 0 radical (unpaired) electrons. The first-order valence-corrected chi connectivity index (χ1v) is 6.43. The molecule has 0 fully saturated rings. The van der Waals surface area contributed by atoms with E-state index < -0.39 is 0 Å². The number of hydrogen-bond acceptors (Lipinski definition) is 4. The van der Waals surface area contributed by atoms with E-state index >= 15 is 0 Å². The maximum absolute atomic E-state index is 10.8. The highest BCUT2D eigenvalue weighted by Crippen LogP contribution is 2.26. The molecule has 0 heterocycles. The van der Waals surface area contributed by atoms with Gasteiger partial charge in [-0.3, -0.25) is 10.1 Å². The fourth-order valence-corrected chi connectivity index (χ4v) is 2.00. The third kappa shape index (κ3) is 3.41. The molecule has 0 saturated heterocycles. The SMILES string of the molecule is CCNc1cc(CSCC)ccc1[N+](=O)[O-]. The molecule has 1 aromatic rings. The number of thioether (sulfide) groups is 1. The number of hydrogen-bond donors (Lipinski definition) is 1. The monoisotopic (exact) mass is 240 g/mol. The lowest BCUT2D eigenvalue weighted by molar-refractivity contribution is -0.384. The van der Waals surface area contributed by atoms with Crippen molar-refractivity contribution in [3.8, 4) is 0 Å². The van der Waals surface area contributed by atoms with E-state index in [2.05, 4.69) is 12.2 Å². The Kier molecular flexibility index (Phi) is 5.11. The van der Waals surface area contributed by atoms with Crippen molar-refractivity contribution in [1.82, 2.24) is 0 Å². The molecule has 0 spiro atoms. The Labute approximate surface area is 99.6 Å². The van der Waals surface area contributed by atoms with Crippen LogP contribution in [-0.4, -0.2) is 17.2 Å². The Morgan fingerprint density at radius 3 is 2.75 bits per heavy atom. The Hall–Kier alpha value is -1.23. The van der Waals surface area contributed by atoms with Gasteiger partial charge in [0.05, 0.1) is 4.92 Å². The van der Waals surface area contributed by atoms with Gasteiger partial charge in [-0.1, -0.05) is 13.0 Å². The van der Waals surface area contributed by atoms with Crippen molar-refractivity contribution in [2.45, 2.75) is 19.6 Å². The summed E-state index contributed by atoms with van der Waals surface area (Å²) < 4.78 is 0. The molecule has 1 aromatic carbocycles. The Morgan fingerprint density at radius 1 is 1.44 bits per heavy atom. The van der Waals surface area contributed by atoms with E-state index in [0.29, 0.717) is 12.2 Å². The van der Waals surface area contributed by atoms with Gasteiger partial charge in [-0.15, -0.1) is 0 Å². The summed E-state index contributed by atoms with van der Waals surface area (Å²) >= 11 is 1.80. The lowest BCUT2D eigenvalue weighted by Crippen LogP contribution is -2.01. The number of nitrogens with zero attached hydrogens (tertiary/aromatic N) is 1. The van der Waals surface area contributed by atoms with Crippen LogP contribution in [-0.2, 0) is 5.75 Å². The number of anilines is 1. The van der Waals surface area contributed by atoms with Gasteiger partial charge in [0.25, 0.3) is 5.69 Å². The second kappa shape index (κ2) is 6.37. The summed E-state index contributed by atoms with van der Waals surface area (Å²) in [5.74, 6) is 1.94. The van der Waals surface area contributed by atoms with Gasteiger partial charge in [0.1, 0.15) is 5.69 Å². The summed E-state index contributed by atoms with van der Waals surface area (Å²) in [5, 5.41) is 13.8. The highest BCUT2D eigenvalue weighted by atomic mass is 32.2. The van der Waals surface area contributed by atoms with Crippen LogP contribution in [0, 0.1) is 10.1 Å². The van der Waals surface area contributed by atoms with Crippen molar-refractivity contribution in [2.24, 2.45) is 0 Å². The van der Waals surface area contributed by atoms with E-state index in [1.807, 2.05) is 19.1 Å². The molecule has 16 heavy (non-hydrogen) atoms. The second-order valence-corrected chi connectivity index (χ2v) is 4.55. The molecule has 0 unspecified atom stereocenters. The first-order valence-electron chi connectivity index (χ1n) is 5.28. The van der Waals surface area contributed by atoms with Gasteiger partial charge in [0.15, 0.2) is 0 Å². The number of nitro benzene ring substituents is 1. The van der Waals surface area contributed by atoms with Crippen molar-refractivity contribution in [3.05, 3.63) is 33.9 Å². The van der Waals surface area contributed by atoms with Crippen LogP contribution in [0.3, 0.4) is 0 Å². The van der Waals surface area contributed by atoms with Crippen LogP contribution in [0.25, 0.3) is 0 Å². The summed E-state index contributed by atoms with van der Waals surface area (Å²) in [6, 6.07) is 5.26. The predicted molar refractivity (Wildman–Crippen MR) is 69.1 cm³/mol. The van der Waals surface area contributed by atoms with Gasteiger partial charge in [-0.05, 0) is 24.3 Å². The Morgan fingerprint density at radius 2 is 2.19 bits per heavy atom. The summed E-state index contributed by atoms with van der Waals surface area (Å²) in [5.41, 5.74) is 1.88.